The van der Waals surface area contributed by atoms with Gasteiger partial charge in [-0.3, -0.25) is 4.98 Å². The van der Waals surface area contributed by atoms with Gasteiger partial charge in [-0.1, -0.05) is 6.07 Å². The van der Waals surface area contributed by atoms with Gasteiger partial charge >= 0.3 is 0 Å². The molecule has 0 bridgehead atoms. The molecule has 4 aromatic rings. The van der Waals surface area contributed by atoms with Crippen molar-refractivity contribution in [3.8, 4) is 22.8 Å². The van der Waals surface area contributed by atoms with Gasteiger partial charge in [-0.05, 0) is 66.2 Å². The Morgan fingerprint density at radius 2 is 1.50 bits per heavy atom. The van der Waals surface area contributed by atoms with Crippen LogP contribution >= 0.6 is 0 Å². The first kappa shape index (κ1) is 15.8. The third-order valence-corrected chi connectivity index (χ3v) is 3.77. The number of aromatic nitrogens is 3. The highest BCUT2D eigenvalue weighted by atomic mass is 16.5. The summed E-state index contributed by atoms with van der Waals surface area (Å²) in [5.74, 6) is 2.07. The number of nitrogens with zero attached hydrogens (tertiary/aromatic N) is 3. The van der Waals surface area contributed by atoms with Crippen molar-refractivity contribution >= 4 is 11.5 Å². The van der Waals surface area contributed by atoms with Crippen molar-refractivity contribution < 1.29 is 4.74 Å². The Morgan fingerprint density at radius 1 is 0.692 bits per heavy atom. The molecule has 1 N–H and O–H groups in total. The lowest BCUT2D eigenvalue weighted by Gasteiger charge is -2.11. The first-order chi connectivity index (χ1) is 12.9. The van der Waals surface area contributed by atoms with Gasteiger partial charge in [-0.25, -0.2) is 9.97 Å². The number of rotatable bonds is 5. The van der Waals surface area contributed by atoms with Crippen molar-refractivity contribution in [2.75, 3.05) is 5.32 Å². The van der Waals surface area contributed by atoms with Gasteiger partial charge in [-0.2, -0.15) is 0 Å². The molecule has 0 saturated heterocycles. The summed E-state index contributed by atoms with van der Waals surface area (Å²) in [6.07, 6.45) is 6.98. The van der Waals surface area contributed by atoms with E-state index >= 15 is 0 Å². The number of hydrogen-bond donors (Lipinski definition) is 1. The smallest absolute Gasteiger partial charge is 0.227 e. The molecule has 0 amide bonds. The summed E-state index contributed by atoms with van der Waals surface area (Å²) in [6.45, 7) is 0. The van der Waals surface area contributed by atoms with E-state index in [0.717, 1.165) is 22.6 Å². The largest absolute Gasteiger partial charge is 0.438 e. The highest BCUT2D eigenvalue weighted by Gasteiger charge is 2.08. The molecule has 26 heavy (non-hydrogen) atoms. The Labute approximate surface area is 151 Å². The van der Waals surface area contributed by atoms with Crippen LogP contribution in [0.25, 0.3) is 11.1 Å². The number of anilines is 2. The van der Waals surface area contributed by atoms with Crippen LogP contribution in [0.5, 0.6) is 11.6 Å². The average Bonchev–Trinajstić information content (AvgIpc) is 2.71. The molecule has 0 radical (unpaired) electrons. The predicted octanol–water partition coefficient (Wildman–Crippen LogP) is 5.07. The molecule has 0 aliphatic rings. The van der Waals surface area contributed by atoms with E-state index in [0.29, 0.717) is 11.6 Å². The fourth-order valence-corrected chi connectivity index (χ4v) is 2.53. The fourth-order valence-electron chi connectivity index (χ4n) is 2.53. The molecule has 126 valence electrons. The maximum atomic E-state index is 5.99. The zero-order chi connectivity index (χ0) is 17.6. The van der Waals surface area contributed by atoms with E-state index in [9.17, 15) is 0 Å². The SMILES string of the molecule is c1ccc(Nc2ccc(Oc3ncccc3-c3ccncc3)cc2)nc1. The van der Waals surface area contributed by atoms with Crippen molar-refractivity contribution in [2.45, 2.75) is 0 Å². The molecule has 4 rings (SSSR count). The third kappa shape index (κ3) is 3.67. The number of pyridine rings is 3. The Kier molecular flexibility index (Phi) is 4.52. The van der Waals surface area contributed by atoms with Crippen molar-refractivity contribution in [1.82, 2.24) is 15.0 Å². The summed E-state index contributed by atoms with van der Waals surface area (Å²) in [6, 6.07) is 21.2. The minimum Gasteiger partial charge on any atom is -0.438 e. The van der Waals surface area contributed by atoms with Crippen LogP contribution in [0.4, 0.5) is 11.5 Å². The minimum atomic E-state index is 0.559. The summed E-state index contributed by atoms with van der Waals surface area (Å²) in [5, 5.41) is 3.24. The number of ether oxygens (including phenoxy) is 1. The molecular weight excluding hydrogens is 324 g/mol. The first-order valence-corrected chi connectivity index (χ1v) is 8.20. The molecule has 0 atom stereocenters. The summed E-state index contributed by atoms with van der Waals surface area (Å²) >= 11 is 0. The van der Waals surface area contributed by atoms with Gasteiger partial charge in [-0.15, -0.1) is 0 Å². The number of hydrogen-bond acceptors (Lipinski definition) is 5. The van der Waals surface area contributed by atoms with Crippen LogP contribution in [0, 0.1) is 0 Å². The van der Waals surface area contributed by atoms with E-state index in [1.54, 1.807) is 24.8 Å². The van der Waals surface area contributed by atoms with Crippen LogP contribution in [0.2, 0.25) is 0 Å². The van der Waals surface area contributed by atoms with Crippen molar-refractivity contribution in [3.05, 3.63) is 91.5 Å². The van der Waals surface area contributed by atoms with E-state index in [2.05, 4.69) is 20.3 Å². The van der Waals surface area contributed by atoms with E-state index in [1.807, 2.05) is 66.7 Å². The van der Waals surface area contributed by atoms with Gasteiger partial charge in [0, 0.05) is 36.0 Å². The van der Waals surface area contributed by atoms with E-state index in [-0.39, 0.29) is 0 Å². The Balaban J connectivity index is 1.53. The van der Waals surface area contributed by atoms with Crippen LogP contribution in [0.3, 0.4) is 0 Å². The quantitative estimate of drug-likeness (QED) is 0.549. The van der Waals surface area contributed by atoms with Gasteiger partial charge in [0.1, 0.15) is 11.6 Å². The molecule has 0 aliphatic heterocycles. The lowest BCUT2D eigenvalue weighted by Crippen LogP contribution is -1.94. The molecule has 1 aromatic carbocycles. The molecular formula is C21H16N4O. The average molecular weight is 340 g/mol. The zero-order valence-electron chi connectivity index (χ0n) is 13.9. The third-order valence-electron chi connectivity index (χ3n) is 3.77. The molecule has 0 unspecified atom stereocenters. The lowest BCUT2D eigenvalue weighted by molar-refractivity contribution is 0.465. The van der Waals surface area contributed by atoms with E-state index < -0.39 is 0 Å². The van der Waals surface area contributed by atoms with Gasteiger partial charge in [0.15, 0.2) is 0 Å². The van der Waals surface area contributed by atoms with Gasteiger partial charge in [0.25, 0.3) is 0 Å². The summed E-state index contributed by atoms with van der Waals surface area (Å²) < 4.78 is 5.99. The highest BCUT2D eigenvalue weighted by molar-refractivity contribution is 5.68. The zero-order valence-corrected chi connectivity index (χ0v) is 13.9. The monoisotopic (exact) mass is 340 g/mol. The Morgan fingerprint density at radius 3 is 2.27 bits per heavy atom. The number of nitrogens with one attached hydrogen (secondary N) is 1. The fraction of sp³-hybridized carbons (Fsp3) is 0. The van der Waals surface area contributed by atoms with Crippen LogP contribution in [0.15, 0.2) is 91.5 Å². The summed E-state index contributed by atoms with van der Waals surface area (Å²) in [4.78, 5) is 12.7. The molecule has 0 fully saturated rings. The standard InChI is InChI=1S/C21H16N4O/c1-2-12-23-20(5-1)25-17-6-8-18(9-7-17)26-21-19(4-3-13-24-21)16-10-14-22-15-11-16/h1-15H,(H,23,25). The van der Waals surface area contributed by atoms with Crippen molar-refractivity contribution in [3.63, 3.8) is 0 Å². The first-order valence-electron chi connectivity index (χ1n) is 8.20. The molecule has 0 spiro atoms. The molecule has 5 heteroatoms. The van der Waals surface area contributed by atoms with Crippen molar-refractivity contribution in [2.24, 2.45) is 0 Å². The van der Waals surface area contributed by atoms with Gasteiger partial charge < -0.3 is 10.1 Å². The minimum absolute atomic E-state index is 0.559. The van der Waals surface area contributed by atoms with E-state index in [1.165, 1.54) is 0 Å². The highest BCUT2D eigenvalue weighted by Crippen LogP contribution is 2.31. The topological polar surface area (TPSA) is 59.9 Å². The lowest BCUT2D eigenvalue weighted by atomic mass is 10.1. The van der Waals surface area contributed by atoms with Crippen LogP contribution < -0.4 is 10.1 Å². The van der Waals surface area contributed by atoms with Crippen LogP contribution in [0.1, 0.15) is 0 Å². The maximum Gasteiger partial charge on any atom is 0.227 e. The van der Waals surface area contributed by atoms with Gasteiger partial charge in [0.05, 0.1) is 0 Å². The van der Waals surface area contributed by atoms with Crippen LogP contribution in [-0.2, 0) is 0 Å². The normalized spacial score (nSPS) is 10.3. The molecule has 0 saturated carbocycles. The van der Waals surface area contributed by atoms with Crippen molar-refractivity contribution in [1.29, 1.82) is 0 Å². The Bertz CT molecular complexity index is 974. The predicted molar refractivity (Wildman–Crippen MR) is 102 cm³/mol. The summed E-state index contributed by atoms with van der Waals surface area (Å²) in [7, 11) is 0. The second-order valence-electron chi connectivity index (χ2n) is 5.56. The molecule has 5 nitrogen and oxygen atoms in total. The molecule has 0 aliphatic carbocycles. The maximum absolute atomic E-state index is 5.99. The van der Waals surface area contributed by atoms with Crippen LogP contribution in [-0.4, -0.2) is 15.0 Å². The van der Waals surface area contributed by atoms with Gasteiger partial charge in [0.2, 0.25) is 5.88 Å². The Hall–Kier alpha value is -3.73. The summed E-state index contributed by atoms with van der Waals surface area (Å²) in [5.41, 5.74) is 2.87. The second-order valence-corrected chi connectivity index (χ2v) is 5.56. The molecule has 3 heterocycles. The van der Waals surface area contributed by atoms with E-state index in [4.69, 9.17) is 4.74 Å². The number of benzene rings is 1. The second kappa shape index (κ2) is 7.44. The molecule has 3 aromatic heterocycles.